The number of hydrogen-bond acceptors (Lipinski definition) is 3. The average Bonchev–Trinajstić information content (AvgIpc) is 2.46. The molecule has 0 heterocycles. The fourth-order valence-electron chi connectivity index (χ4n) is 1.98. The maximum absolute atomic E-state index is 13.2. The Morgan fingerprint density at radius 2 is 1.73 bits per heavy atom. The van der Waals surface area contributed by atoms with Gasteiger partial charge in [-0.05, 0) is 47.9 Å². The van der Waals surface area contributed by atoms with Gasteiger partial charge in [0.2, 0.25) is 10.0 Å². The molecular weight excluding hydrogens is 303 g/mol. The molecule has 22 heavy (non-hydrogen) atoms. The number of anilines is 1. The first-order valence-electron chi connectivity index (χ1n) is 6.86. The van der Waals surface area contributed by atoms with Crippen LogP contribution in [0.1, 0.15) is 16.7 Å². The minimum atomic E-state index is -3.19. The molecule has 2 aromatic carbocycles. The summed E-state index contributed by atoms with van der Waals surface area (Å²) < 4.78 is 37.7. The number of rotatable bonds is 6. The molecule has 0 aliphatic heterocycles. The molecule has 0 aliphatic carbocycles. The second-order valence-electron chi connectivity index (χ2n) is 5.21. The Hall–Kier alpha value is -1.92. The maximum atomic E-state index is 13.2. The molecular formula is C16H19FN2O2S. The van der Waals surface area contributed by atoms with E-state index in [0.29, 0.717) is 6.54 Å². The lowest BCUT2D eigenvalue weighted by Crippen LogP contribution is -2.21. The van der Waals surface area contributed by atoms with E-state index in [4.69, 9.17) is 0 Å². The maximum Gasteiger partial charge on any atom is 0.209 e. The second-order valence-corrected chi connectivity index (χ2v) is 7.05. The van der Waals surface area contributed by atoms with E-state index in [1.807, 2.05) is 31.2 Å². The van der Waals surface area contributed by atoms with Crippen molar-refractivity contribution in [3.05, 3.63) is 65.0 Å². The number of sulfonamides is 1. The van der Waals surface area contributed by atoms with Crippen LogP contribution < -0.4 is 10.0 Å². The third-order valence-electron chi connectivity index (χ3n) is 3.29. The first-order chi connectivity index (χ1) is 10.3. The van der Waals surface area contributed by atoms with E-state index >= 15 is 0 Å². The van der Waals surface area contributed by atoms with Gasteiger partial charge in [0.25, 0.3) is 0 Å². The standard InChI is InChI=1S/C16H19FN2O2S/c1-12-3-6-15(17)9-14(12)11-18-16-7-4-13(5-8-16)10-19-22(2,20)21/h3-9,18-19H,10-11H2,1-2H3. The van der Waals surface area contributed by atoms with Crippen LogP contribution in [0.4, 0.5) is 10.1 Å². The second kappa shape index (κ2) is 6.89. The lowest BCUT2D eigenvalue weighted by molar-refractivity contribution is 0.587. The molecule has 118 valence electrons. The fraction of sp³-hybridized carbons (Fsp3) is 0.250. The SMILES string of the molecule is Cc1ccc(F)cc1CNc1ccc(CNS(C)(=O)=O)cc1. The van der Waals surface area contributed by atoms with Gasteiger partial charge in [0.1, 0.15) is 5.82 Å². The van der Waals surface area contributed by atoms with Crippen LogP contribution in [0, 0.1) is 12.7 Å². The van der Waals surface area contributed by atoms with E-state index in [2.05, 4.69) is 10.0 Å². The molecule has 0 saturated heterocycles. The monoisotopic (exact) mass is 322 g/mol. The van der Waals surface area contributed by atoms with Gasteiger partial charge in [0.15, 0.2) is 0 Å². The van der Waals surface area contributed by atoms with Gasteiger partial charge in [-0.25, -0.2) is 17.5 Å². The Morgan fingerprint density at radius 3 is 2.36 bits per heavy atom. The first-order valence-corrected chi connectivity index (χ1v) is 8.75. The van der Waals surface area contributed by atoms with Crippen molar-refractivity contribution in [2.24, 2.45) is 0 Å². The minimum Gasteiger partial charge on any atom is -0.381 e. The Morgan fingerprint density at radius 1 is 1.05 bits per heavy atom. The molecule has 0 bridgehead atoms. The zero-order valence-electron chi connectivity index (χ0n) is 12.6. The molecule has 2 rings (SSSR count). The zero-order chi connectivity index (χ0) is 16.2. The van der Waals surface area contributed by atoms with Gasteiger partial charge in [-0.1, -0.05) is 18.2 Å². The van der Waals surface area contributed by atoms with Crippen molar-refractivity contribution in [1.29, 1.82) is 0 Å². The van der Waals surface area contributed by atoms with Gasteiger partial charge in [-0.15, -0.1) is 0 Å². The molecule has 4 nitrogen and oxygen atoms in total. The van der Waals surface area contributed by atoms with E-state index in [9.17, 15) is 12.8 Å². The lowest BCUT2D eigenvalue weighted by atomic mass is 10.1. The fourth-order valence-corrected chi connectivity index (χ4v) is 2.41. The average molecular weight is 322 g/mol. The number of halogens is 1. The molecule has 0 aliphatic rings. The topological polar surface area (TPSA) is 58.2 Å². The molecule has 0 spiro atoms. The van der Waals surface area contributed by atoms with Crippen molar-refractivity contribution < 1.29 is 12.8 Å². The van der Waals surface area contributed by atoms with E-state index < -0.39 is 10.0 Å². The summed E-state index contributed by atoms with van der Waals surface area (Å²) in [5.41, 5.74) is 3.70. The molecule has 0 amide bonds. The summed E-state index contributed by atoms with van der Waals surface area (Å²) in [4.78, 5) is 0. The van der Waals surface area contributed by atoms with Crippen molar-refractivity contribution in [2.75, 3.05) is 11.6 Å². The van der Waals surface area contributed by atoms with E-state index in [1.54, 1.807) is 6.07 Å². The van der Waals surface area contributed by atoms with E-state index in [1.165, 1.54) is 12.1 Å². The van der Waals surface area contributed by atoms with Gasteiger partial charge in [0, 0.05) is 18.8 Å². The third-order valence-corrected chi connectivity index (χ3v) is 3.96. The van der Waals surface area contributed by atoms with Crippen LogP contribution in [0.2, 0.25) is 0 Å². The zero-order valence-corrected chi connectivity index (χ0v) is 13.4. The van der Waals surface area contributed by atoms with Gasteiger partial charge in [0.05, 0.1) is 6.26 Å². The van der Waals surface area contributed by atoms with Crippen molar-refractivity contribution in [2.45, 2.75) is 20.0 Å². The van der Waals surface area contributed by atoms with Crippen molar-refractivity contribution in [3.8, 4) is 0 Å². The van der Waals surface area contributed by atoms with Crippen LogP contribution in [0.3, 0.4) is 0 Å². The first kappa shape index (κ1) is 16.5. The molecule has 2 N–H and O–H groups in total. The summed E-state index contributed by atoms with van der Waals surface area (Å²) in [7, 11) is -3.19. The highest BCUT2D eigenvalue weighted by Crippen LogP contribution is 2.14. The summed E-state index contributed by atoms with van der Waals surface area (Å²) in [6.45, 7) is 2.74. The largest absolute Gasteiger partial charge is 0.381 e. The highest BCUT2D eigenvalue weighted by molar-refractivity contribution is 7.88. The normalized spacial score (nSPS) is 11.4. The summed E-state index contributed by atoms with van der Waals surface area (Å²) >= 11 is 0. The molecule has 0 unspecified atom stereocenters. The third kappa shape index (κ3) is 5.13. The summed E-state index contributed by atoms with van der Waals surface area (Å²) in [6, 6.07) is 12.2. The minimum absolute atomic E-state index is 0.246. The Balaban J connectivity index is 1.95. The van der Waals surface area contributed by atoms with Crippen molar-refractivity contribution in [1.82, 2.24) is 4.72 Å². The summed E-state index contributed by atoms with van der Waals surface area (Å²) in [6.07, 6.45) is 1.13. The van der Waals surface area contributed by atoms with Gasteiger partial charge in [-0.2, -0.15) is 0 Å². The van der Waals surface area contributed by atoms with Crippen LogP contribution in [-0.4, -0.2) is 14.7 Å². The molecule has 0 fully saturated rings. The van der Waals surface area contributed by atoms with Crippen LogP contribution in [0.25, 0.3) is 0 Å². The quantitative estimate of drug-likeness (QED) is 0.860. The Labute approximate surface area is 130 Å². The van der Waals surface area contributed by atoms with Crippen LogP contribution >= 0.6 is 0 Å². The van der Waals surface area contributed by atoms with Crippen molar-refractivity contribution >= 4 is 15.7 Å². The molecule has 0 aromatic heterocycles. The smallest absolute Gasteiger partial charge is 0.209 e. The number of aryl methyl sites for hydroxylation is 1. The summed E-state index contributed by atoms with van der Waals surface area (Å²) in [5.74, 6) is -0.246. The van der Waals surface area contributed by atoms with Crippen LogP contribution in [0.5, 0.6) is 0 Å². The van der Waals surface area contributed by atoms with E-state index in [-0.39, 0.29) is 12.4 Å². The predicted octanol–water partition coefficient (Wildman–Crippen LogP) is 2.80. The molecule has 0 radical (unpaired) electrons. The van der Waals surface area contributed by atoms with Gasteiger partial charge >= 0.3 is 0 Å². The highest BCUT2D eigenvalue weighted by atomic mass is 32.2. The molecule has 0 atom stereocenters. The molecule has 6 heteroatoms. The number of hydrogen-bond donors (Lipinski definition) is 2. The van der Waals surface area contributed by atoms with Crippen LogP contribution in [0.15, 0.2) is 42.5 Å². The van der Waals surface area contributed by atoms with Gasteiger partial charge in [-0.3, -0.25) is 0 Å². The number of benzene rings is 2. The molecule has 0 saturated carbocycles. The predicted molar refractivity (Wildman–Crippen MR) is 86.6 cm³/mol. The van der Waals surface area contributed by atoms with E-state index in [0.717, 1.165) is 28.6 Å². The Bertz CT molecular complexity index is 743. The number of nitrogens with one attached hydrogen (secondary N) is 2. The summed E-state index contributed by atoms with van der Waals surface area (Å²) in [5, 5.41) is 3.22. The van der Waals surface area contributed by atoms with Gasteiger partial charge < -0.3 is 5.32 Å². The Kier molecular flexibility index (Phi) is 5.15. The highest BCUT2D eigenvalue weighted by Gasteiger charge is 2.03. The lowest BCUT2D eigenvalue weighted by Gasteiger charge is -2.10. The molecule has 2 aromatic rings. The van der Waals surface area contributed by atoms with Crippen LogP contribution in [-0.2, 0) is 23.1 Å². The van der Waals surface area contributed by atoms with Crippen molar-refractivity contribution in [3.63, 3.8) is 0 Å².